The molecular weight excluding hydrogens is 244 g/mol. The quantitative estimate of drug-likeness (QED) is 0.859. The van der Waals surface area contributed by atoms with Crippen LogP contribution < -0.4 is 10.5 Å². The van der Waals surface area contributed by atoms with Crippen molar-refractivity contribution >= 4 is 28.1 Å². The van der Waals surface area contributed by atoms with Gasteiger partial charge >= 0.3 is 0 Å². The van der Waals surface area contributed by atoms with Gasteiger partial charge in [-0.15, -0.1) is 0 Å². The summed E-state index contributed by atoms with van der Waals surface area (Å²) in [5, 5.41) is 1.06. The number of hydrogen-bond donors (Lipinski definition) is 1. The van der Waals surface area contributed by atoms with Gasteiger partial charge in [-0.2, -0.15) is 0 Å². The average molecular weight is 260 g/mol. The fraction of sp³-hybridized carbons (Fsp3) is 0.286. The minimum Gasteiger partial charge on any atom is -0.493 e. The molecule has 3 nitrogen and oxygen atoms in total. The zero-order chi connectivity index (χ0) is 13.2. The molecule has 0 saturated carbocycles. The number of ether oxygens (including phenoxy) is 1. The van der Waals surface area contributed by atoms with E-state index in [1.807, 2.05) is 44.2 Å². The Bertz CT molecular complexity index is 581. The number of fused-ring (bicyclic) bond motifs is 1. The Hall–Kier alpha value is -1.68. The van der Waals surface area contributed by atoms with Crippen molar-refractivity contribution in [2.45, 2.75) is 13.8 Å². The van der Waals surface area contributed by atoms with E-state index in [4.69, 9.17) is 22.7 Å². The Morgan fingerprint density at radius 3 is 2.89 bits per heavy atom. The van der Waals surface area contributed by atoms with E-state index < -0.39 is 0 Å². The van der Waals surface area contributed by atoms with Gasteiger partial charge in [-0.3, -0.25) is 4.98 Å². The van der Waals surface area contributed by atoms with Crippen molar-refractivity contribution in [3.05, 3.63) is 36.5 Å². The predicted molar refractivity (Wildman–Crippen MR) is 77.8 cm³/mol. The van der Waals surface area contributed by atoms with E-state index in [9.17, 15) is 0 Å². The van der Waals surface area contributed by atoms with Crippen molar-refractivity contribution in [2.24, 2.45) is 11.1 Å². The first-order valence-corrected chi connectivity index (χ1v) is 6.17. The zero-order valence-corrected chi connectivity index (χ0v) is 11.3. The molecule has 0 bridgehead atoms. The van der Waals surface area contributed by atoms with E-state index in [0.29, 0.717) is 11.6 Å². The summed E-state index contributed by atoms with van der Waals surface area (Å²) in [6.45, 7) is 4.41. The van der Waals surface area contributed by atoms with Gasteiger partial charge in [-0.1, -0.05) is 32.1 Å². The standard InChI is InChI=1S/C14H16N2OS/c1-14(2,13(15)18)9-17-11-5-6-12-10(8-11)4-3-7-16-12/h3-8H,9H2,1-2H3,(H2,15,18). The smallest absolute Gasteiger partial charge is 0.120 e. The van der Waals surface area contributed by atoms with E-state index in [2.05, 4.69) is 4.98 Å². The molecule has 0 radical (unpaired) electrons. The van der Waals surface area contributed by atoms with Crippen molar-refractivity contribution < 1.29 is 4.74 Å². The van der Waals surface area contributed by atoms with Crippen LogP contribution in [0.25, 0.3) is 10.9 Å². The van der Waals surface area contributed by atoms with Crippen LogP contribution in [0.4, 0.5) is 0 Å². The molecule has 0 spiro atoms. The molecule has 2 rings (SSSR count). The lowest BCUT2D eigenvalue weighted by molar-refractivity contribution is 0.237. The summed E-state index contributed by atoms with van der Waals surface area (Å²) in [5.41, 5.74) is 6.32. The second-order valence-corrected chi connectivity index (χ2v) is 5.33. The van der Waals surface area contributed by atoms with E-state index >= 15 is 0 Å². The number of aromatic nitrogens is 1. The van der Waals surface area contributed by atoms with Crippen molar-refractivity contribution in [1.82, 2.24) is 4.98 Å². The molecule has 2 aromatic rings. The molecule has 0 unspecified atom stereocenters. The van der Waals surface area contributed by atoms with Crippen LogP contribution in [0, 0.1) is 5.41 Å². The molecule has 0 atom stereocenters. The number of hydrogen-bond acceptors (Lipinski definition) is 3. The monoisotopic (exact) mass is 260 g/mol. The van der Waals surface area contributed by atoms with Gasteiger partial charge in [0.1, 0.15) is 5.75 Å². The lowest BCUT2D eigenvalue weighted by atomic mass is 9.95. The molecule has 1 aromatic heterocycles. The first-order chi connectivity index (χ1) is 8.49. The van der Waals surface area contributed by atoms with Crippen molar-refractivity contribution in [2.75, 3.05) is 6.61 Å². The molecule has 0 fully saturated rings. The number of thiocarbonyl (C=S) groups is 1. The summed E-state index contributed by atoms with van der Waals surface area (Å²) in [7, 11) is 0. The van der Waals surface area contributed by atoms with Gasteiger partial charge in [-0.25, -0.2) is 0 Å². The second kappa shape index (κ2) is 4.90. The van der Waals surface area contributed by atoms with Gasteiger partial charge in [-0.05, 0) is 24.3 Å². The van der Waals surface area contributed by atoms with Crippen LogP contribution in [-0.4, -0.2) is 16.6 Å². The summed E-state index contributed by atoms with van der Waals surface area (Å²) < 4.78 is 5.74. The molecule has 0 saturated heterocycles. The molecule has 4 heteroatoms. The molecular formula is C14H16N2OS. The van der Waals surface area contributed by atoms with Gasteiger partial charge < -0.3 is 10.5 Å². The normalized spacial score (nSPS) is 11.4. The van der Waals surface area contributed by atoms with E-state index in [0.717, 1.165) is 16.7 Å². The first-order valence-electron chi connectivity index (χ1n) is 5.76. The lowest BCUT2D eigenvalue weighted by Gasteiger charge is -2.23. The molecule has 0 aliphatic rings. The van der Waals surface area contributed by atoms with Gasteiger partial charge in [0.05, 0.1) is 17.1 Å². The maximum Gasteiger partial charge on any atom is 0.120 e. The third-order valence-electron chi connectivity index (χ3n) is 2.84. The minimum absolute atomic E-state index is 0.306. The van der Waals surface area contributed by atoms with Crippen LogP contribution in [0.2, 0.25) is 0 Å². The average Bonchev–Trinajstić information content (AvgIpc) is 2.36. The second-order valence-electron chi connectivity index (χ2n) is 4.89. The molecule has 0 aliphatic carbocycles. The summed E-state index contributed by atoms with van der Waals surface area (Å²) in [4.78, 5) is 4.73. The molecule has 2 N–H and O–H groups in total. The maximum atomic E-state index is 5.74. The van der Waals surface area contributed by atoms with Crippen LogP contribution in [-0.2, 0) is 0 Å². The Balaban J connectivity index is 2.15. The summed E-state index contributed by atoms with van der Waals surface area (Å²) in [5.74, 6) is 0.805. The van der Waals surface area contributed by atoms with Crippen molar-refractivity contribution in [3.8, 4) is 5.75 Å². The van der Waals surface area contributed by atoms with Crippen molar-refractivity contribution in [1.29, 1.82) is 0 Å². The van der Waals surface area contributed by atoms with Gasteiger partial charge in [0, 0.05) is 17.0 Å². The number of nitrogens with zero attached hydrogens (tertiary/aromatic N) is 1. The highest BCUT2D eigenvalue weighted by Gasteiger charge is 2.22. The van der Waals surface area contributed by atoms with Crippen LogP contribution in [0.3, 0.4) is 0 Å². The van der Waals surface area contributed by atoms with E-state index in [-0.39, 0.29) is 5.41 Å². The van der Waals surface area contributed by atoms with E-state index in [1.54, 1.807) is 6.20 Å². The third kappa shape index (κ3) is 2.76. The molecule has 0 amide bonds. The summed E-state index contributed by atoms with van der Waals surface area (Å²) >= 11 is 5.01. The number of nitrogens with two attached hydrogens (primary N) is 1. The van der Waals surface area contributed by atoms with E-state index in [1.165, 1.54) is 0 Å². The highest BCUT2D eigenvalue weighted by Crippen LogP contribution is 2.22. The SMILES string of the molecule is CC(C)(COc1ccc2ncccc2c1)C(N)=S. The lowest BCUT2D eigenvalue weighted by Crippen LogP contribution is -2.35. The summed E-state index contributed by atoms with van der Waals surface area (Å²) in [6, 6.07) is 9.74. The predicted octanol–water partition coefficient (Wildman–Crippen LogP) is 2.93. The highest BCUT2D eigenvalue weighted by molar-refractivity contribution is 7.80. The maximum absolute atomic E-state index is 5.74. The Morgan fingerprint density at radius 1 is 1.39 bits per heavy atom. The highest BCUT2D eigenvalue weighted by atomic mass is 32.1. The molecule has 18 heavy (non-hydrogen) atoms. The fourth-order valence-corrected chi connectivity index (χ4v) is 1.54. The van der Waals surface area contributed by atoms with Gasteiger partial charge in [0.25, 0.3) is 0 Å². The first kappa shape index (κ1) is 12.8. The summed E-state index contributed by atoms with van der Waals surface area (Å²) in [6.07, 6.45) is 1.78. The van der Waals surface area contributed by atoms with Crippen LogP contribution in [0.5, 0.6) is 5.75 Å². The van der Waals surface area contributed by atoms with Crippen LogP contribution >= 0.6 is 12.2 Å². The number of pyridine rings is 1. The Labute approximate surface area is 112 Å². The van der Waals surface area contributed by atoms with Crippen LogP contribution in [0.15, 0.2) is 36.5 Å². The van der Waals surface area contributed by atoms with Gasteiger partial charge in [0.2, 0.25) is 0 Å². The van der Waals surface area contributed by atoms with Crippen molar-refractivity contribution in [3.63, 3.8) is 0 Å². The Morgan fingerprint density at radius 2 is 2.17 bits per heavy atom. The molecule has 1 aromatic carbocycles. The minimum atomic E-state index is -0.306. The molecule has 0 aliphatic heterocycles. The van der Waals surface area contributed by atoms with Crippen LogP contribution in [0.1, 0.15) is 13.8 Å². The fourth-order valence-electron chi connectivity index (χ4n) is 1.48. The largest absolute Gasteiger partial charge is 0.493 e. The molecule has 94 valence electrons. The zero-order valence-electron chi connectivity index (χ0n) is 10.5. The molecule has 1 heterocycles. The van der Waals surface area contributed by atoms with Gasteiger partial charge in [0.15, 0.2) is 0 Å². The number of benzene rings is 1. The topological polar surface area (TPSA) is 48.1 Å². The number of rotatable bonds is 4. The third-order valence-corrected chi connectivity index (χ3v) is 3.39. The Kier molecular flexibility index (Phi) is 3.48.